The standard InChI is InChI=1S/C16H23N3O3/c1-3-8-17(9-4-2)12-16(20)18-10-7-13-5-6-14(19(21)22)11-15(13)18/h5-6,11H,3-4,7-10,12H2,1-2H3. The van der Waals surface area contributed by atoms with Crippen molar-refractivity contribution in [3.05, 3.63) is 33.9 Å². The van der Waals surface area contributed by atoms with Crippen LogP contribution in [0.25, 0.3) is 0 Å². The van der Waals surface area contributed by atoms with Crippen LogP contribution in [0, 0.1) is 10.1 Å². The maximum atomic E-state index is 12.6. The Kier molecular flexibility index (Phi) is 5.49. The Morgan fingerprint density at radius 2 is 2.00 bits per heavy atom. The zero-order chi connectivity index (χ0) is 16.1. The van der Waals surface area contributed by atoms with E-state index in [-0.39, 0.29) is 11.6 Å². The Morgan fingerprint density at radius 3 is 2.59 bits per heavy atom. The second-order valence-corrected chi connectivity index (χ2v) is 5.64. The summed E-state index contributed by atoms with van der Waals surface area (Å²) in [5.41, 5.74) is 1.75. The zero-order valence-electron chi connectivity index (χ0n) is 13.2. The van der Waals surface area contributed by atoms with Crippen LogP contribution in [-0.2, 0) is 11.2 Å². The van der Waals surface area contributed by atoms with E-state index in [1.807, 2.05) is 0 Å². The SMILES string of the molecule is CCCN(CCC)CC(=O)N1CCc2ccc([N+](=O)[O-])cc21. The topological polar surface area (TPSA) is 66.7 Å². The van der Waals surface area contributed by atoms with Crippen molar-refractivity contribution in [2.24, 2.45) is 0 Å². The summed E-state index contributed by atoms with van der Waals surface area (Å²) < 4.78 is 0. The second kappa shape index (κ2) is 7.35. The lowest BCUT2D eigenvalue weighted by Crippen LogP contribution is -2.40. The molecule has 1 aliphatic heterocycles. The van der Waals surface area contributed by atoms with Crippen LogP contribution >= 0.6 is 0 Å². The molecule has 1 heterocycles. The highest BCUT2D eigenvalue weighted by molar-refractivity contribution is 5.97. The van der Waals surface area contributed by atoms with E-state index in [2.05, 4.69) is 18.7 Å². The zero-order valence-corrected chi connectivity index (χ0v) is 13.2. The first-order chi connectivity index (χ1) is 10.6. The molecule has 6 nitrogen and oxygen atoms in total. The van der Waals surface area contributed by atoms with E-state index in [9.17, 15) is 14.9 Å². The van der Waals surface area contributed by atoms with Crippen LogP contribution in [0.15, 0.2) is 18.2 Å². The predicted molar refractivity (Wildman–Crippen MR) is 86.2 cm³/mol. The average Bonchev–Trinajstić information content (AvgIpc) is 2.90. The van der Waals surface area contributed by atoms with Crippen molar-refractivity contribution >= 4 is 17.3 Å². The number of benzene rings is 1. The van der Waals surface area contributed by atoms with Gasteiger partial charge in [0.05, 0.1) is 17.2 Å². The van der Waals surface area contributed by atoms with Crippen LogP contribution in [-0.4, -0.2) is 41.9 Å². The molecule has 0 radical (unpaired) electrons. The molecule has 1 aromatic carbocycles. The number of hydrogen-bond donors (Lipinski definition) is 0. The fraction of sp³-hybridized carbons (Fsp3) is 0.562. The lowest BCUT2D eigenvalue weighted by atomic mass is 10.1. The van der Waals surface area contributed by atoms with Gasteiger partial charge in [0.1, 0.15) is 0 Å². The minimum Gasteiger partial charge on any atom is -0.310 e. The maximum Gasteiger partial charge on any atom is 0.271 e. The summed E-state index contributed by atoms with van der Waals surface area (Å²) in [6.07, 6.45) is 2.78. The molecule has 0 fully saturated rings. The summed E-state index contributed by atoms with van der Waals surface area (Å²) in [6, 6.07) is 4.79. The number of nitrogens with zero attached hydrogens (tertiary/aromatic N) is 3. The summed E-state index contributed by atoms with van der Waals surface area (Å²) in [5.74, 6) is 0.0288. The Morgan fingerprint density at radius 1 is 1.32 bits per heavy atom. The average molecular weight is 305 g/mol. The third-order valence-corrected chi connectivity index (χ3v) is 3.91. The molecule has 0 N–H and O–H groups in total. The van der Waals surface area contributed by atoms with Crippen molar-refractivity contribution in [3.63, 3.8) is 0 Å². The Balaban J connectivity index is 2.13. The van der Waals surface area contributed by atoms with Crippen molar-refractivity contribution in [2.45, 2.75) is 33.1 Å². The molecule has 0 atom stereocenters. The van der Waals surface area contributed by atoms with Crippen molar-refractivity contribution in [1.82, 2.24) is 4.90 Å². The summed E-state index contributed by atoms with van der Waals surface area (Å²) in [6.45, 7) is 6.99. The highest BCUT2D eigenvalue weighted by atomic mass is 16.6. The van der Waals surface area contributed by atoms with E-state index in [1.165, 1.54) is 12.1 Å². The first-order valence-corrected chi connectivity index (χ1v) is 7.86. The number of non-ortho nitro benzene ring substituents is 1. The van der Waals surface area contributed by atoms with E-state index < -0.39 is 4.92 Å². The molecule has 22 heavy (non-hydrogen) atoms. The number of fused-ring (bicyclic) bond motifs is 1. The molecular weight excluding hydrogens is 282 g/mol. The van der Waals surface area contributed by atoms with Gasteiger partial charge < -0.3 is 4.90 Å². The molecule has 0 aromatic heterocycles. The number of carbonyl (C=O) groups is 1. The van der Waals surface area contributed by atoms with E-state index in [1.54, 1.807) is 11.0 Å². The van der Waals surface area contributed by atoms with Crippen LogP contribution in [0.3, 0.4) is 0 Å². The van der Waals surface area contributed by atoms with Crippen LogP contribution < -0.4 is 4.90 Å². The fourth-order valence-electron chi connectivity index (χ4n) is 2.92. The maximum absolute atomic E-state index is 12.6. The predicted octanol–water partition coefficient (Wildman–Crippen LogP) is 2.61. The third-order valence-electron chi connectivity index (χ3n) is 3.91. The molecule has 6 heteroatoms. The number of nitro groups is 1. The summed E-state index contributed by atoms with van der Waals surface area (Å²) in [4.78, 5) is 26.9. The highest BCUT2D eigenvalue weighted by Gasteiger charge is 2.27. The molecule has 0 saturated carbocycles. The molecule has 1 amide bonds. The largest absolute Gasteiger partial charge is 0.310 e. The van der Waals surface area contributed by atoms with E-state index in [4.69, 9.17) is 0 Å². The Bertz CT molecular complexity index is 554. The van der Waals surface area contributed by atoms with Crippen molar-refractivity contribution < 1.29 is 9.72 Å². The molecule has 1 aromatic rings. The summed E-state index contributed by atoms with van der Waals surface area (Å²) in [7, 11) is 0. The van der Waals surface area contributed by atoms with Crippen LogP contribution in [0.1, 0.15) is 32.3 Å². The molecule has 0 bridgehead atoms. The Hall–Kier alpha value is -1.95. The lowest BCUT2D eigenvalue weighted by Gasteiger charge is -2.24. The van der Waals surface area contributed by atoms with Gasteiger partial charge in [0, 0.05) is 18.7 Å². The minimum atomic E-state index is -0.415. The molecule has 1 aliphatic rings. The molecule has 0 aliphatic carbocycles. The first-order valence-electron chi connectivity index (χ1n) is 7.86. The summed E-state index contributed by atoms with van der Waals surface area (Å²) >= 11 is 0. The van der Waals surface area contributed by atoms with Gasteiger partial charge in [-0.05, 0) is 37.9 Å². The van der Waals surface area contributed by atoms with Crippen LogP contribution in [0.4, 0.5) is 11.4 Å². The van der Waals surface area contributed by atoms with Gasteiger partial charge in [-0.2, -0.15) is 0 Å². The summed E-state index contributed by atoms with van der Waals surface area (Å²) in [5, 5.41) is 10.9. The molecule has 0 unspecified atom stereocenters. The number of amides is 1. The van der Waals surface area contributed by atoms with Crippen molar-refractivity contribution in [1.29, 1.82) is 0 Å². The van der Waals surface area contributed by atoms with Crippen LogP contribution in [0.5, 0.6) is 0 Å². The smallest absolute Gasteiger partial charge is 0.271 e. The number of anilines is 1. The van der Waals surface area contributed by atoms with Gasteiger partial charge in [0.25, 0.3) is 5.69 Å². The first kappa shape index (κ1) is 16.4. The number of rotatable bonds is 7. The quantitative estimate of drug-likeness (QED) is 0.573. The van der Waals surface area contributed by atoms with Gasteiger partial charge in [0.2, 0.25) is 5.91 Å². The van der Waals surface area contributed by atoms with E-state index in [0.29, 0.717) is 18.8 Å². The van der Waals surface area contributed by atoms with Crippen LogP contribution in [0.2, 0.25) is 0 Å². The Labute approximate surface area is 130 Å². The van der Waals surface area contributed by atoms with Gasteiger partial charge in [-0.3, -0.25) is 19.8 Å². The van der Waals surface area contributed by atoms with Gasteiger partial charge >= 0.3 is 0 Å². The molecule has 0 spiro atoms. The van der Waals surface area contributed by atoms with Gasteiger partial charge in [0.15, 0.2) is 0 Å². The van der Waals surface area contributed by atoms with E-state index in [0.717, 1.165) is 37.9 Å². The molecular formula is C16H23N3O3. The van der Waals surface area contributed by atoms with Gasteiger partial charge in [-0.25, -0.2) is 0 Å². The highest BCUT2D eigenvalue weighted by Crippen LogP contribution is 2.31. The molecule has 120 valence electrons. The third kappa shape index (κ3) is 3.62. The van der Waals surface area contributed by atoms with Crippen molar-refractivity contribution in [2.75, 3.05) is 31.1 Å². The number of nitro benzene ring substituents is 1. The van der Waals surface area contributed by atoms with Gasteiger partial charge in [-0.15, -0.1) is 0 Å². The fourth-order valence-corrected chi connectivity index (χ4v) is 2.92. The number of hydrogen-bond acceptors (Lipinski definition) is 4. The lowest BCUT2D eigenvalue weighted by molar-refractivity contribution is -0.384. The van der Waals surface area contributed by atoms with Crippen molar-refractivity contribution in [3.8, 4) is 0 Å². The normalized spacial score (nSPS) is 13.5. The molecule has 0 saturated heterocycles. The minimum absolute atomic E-state index is 0.0288. The second-order valence-electron chi connectivity index (χ2n) is 5.64. The monoisotopic (exact) mass is 305 g/mol. The van der Waals surface area contributed by atoms with Gasteiger partial charge in [-0.1, -0.05) is 19.9 Å². The van der Waals surface area contributed by atoms with E-state index >= 15 is 0 Å². The molecule has 2 rings (SSSR count). The number of carbonyl (C=O) groups excluding carboxylic acids is 1.